The quantitative estimate of drug-likeness (QED) is 0.283. The highest BCUT2D eigenvalue weighted by Crippen LogP contribution is 2.29. The summed E-state index contributed by atoms with van der Waals surface area (Å²) in [5.74, 6) is -0.241. The van der Waals surface area contributed by atoms with E-state index in [0.29, 0.717) is 24.3 Å². The summed E-state index contributed by atoms with van der Waals surface area (Å²) in [5.41, 5.74) is 2.18. The maximum atomic E-state index is 13.2. The molecule has 0 bridgehead atoms. The Hall–Kier alpha value is -2.12. The van der Waals surface area contributed by atoms with Crippen LogP contribution in [0.3, 0.4) is 0 Å². The molecule has 0 spiro atoms. The van der Waals surface area contributed by atoms with Gasteiger partial charge in [-0.25, -0.2) is 4.79 Å². The van der Waals surface area contributed by atoms with Crippen molar-refractivity contribution in [3.8, 4) is 5.75 Å². The molecule has 1 heterocycles. The number of carbonyl (C=O) groups excluding carboxylic acids is 2. The third-order valence-corrected chi connectivity index (χ3v) is 6.37. The van der Waals surface area contributed by atoms with E-state index in [4.69, 9.17) is 14.2 Å². The third kappa shape index (κ3) is 5.69. The van der Waals surface area contributed by atoms with Crippen LogP contribution in [0.1, 0.15) is 29.3 Å². The number of carbonyl (C=O) groups is 2. The number of rotatable bonds is 8. The van der Waals surface area contributed by atoms with E-state index in [-0.39, 0.29) is 12.7 Å². The van der Waals surface area contributed by atoms with Gasteiger partial charge in [-0.15, -0.1) is 0 Å². The second kappa shape index (κ2) is 9.38. The monoisotopic (exact) mass is 405 g/mol. The first-order valence-corrected chi connectivity index (χ1v) is 13.2. The average Bonchev–Trinajstić information content (AvgIpc) is 3.01. The highest BCUT2D eigenvalue weighted by molar-refractivity contribution is 6.76. The SMILES string of the molecule is COC(=O)[C@@H]1CC(C)=CN1C(=O)c1c(C)cccc1OCOCC[Si](C)(C)C. The number of nitrogens with zero attached hydrogens (tertiary/aromatic N) is 1. The molecule has 1 amide bonds. The normalized spacial score (nSPS) is 16.7. The first-order chi connectivity index (χ1) is 13.1. The topological polar surface area (TPSA) is 65.1 Å². The number of ether oxygens (including phenoxy) is 3. The molecule has 0 saturated carbocycles. The minimum absolute atomic E-state index is 0.0868. The zero-order valence-electron chi connectivity index (χ0n) is 17.7. The van der Waals surface area contributed by atoms with Gasteiger partial charge in [-0.1, -0.05) is 37.3 Å². The van der Waals surface area contributed by atoms with Gasteiger partial charge in [0.25, 0.3) is 5.91 Å². The van der Waals surface area contributed by atoms with Gasteiger partial charge in [-0.3, -0.25) is 4.79 Å². The Bertz CT molecular complexity index is 754. The molecule has 2 rings (SSSR count). The maximum Gasteiger partial charge on any atom is 0.329 e. The lowest BCUT2D eigenvalue weighted by Gasteiger charge is -2.23. The van der Waals surface area contributed by atoms with Crippen LogP contribution in [0.15, 0.2) is 30.0 Å². The van der Waals surface area contributed by atoms with Gasteiger partial charge in [-0.05, 0) is 31.5 Å². The molecule has 1 aromatic carbocycles. The molecule has 0 radical (unpaired) electrons. The molecular weight excluding hydrogens is 374 g/mol. The number of hydrogen-bond acceptors (Lipinski definition) is 5. The Kier molecular flexibility index (Phi) is 7.43. The second-order valence-corrected chi connectivity index (χ2v) is 14.0. The summed E-state index contributed by atoms with van der Waals surface area (Å²) in [4.78, 5) is 26.8. The van der Waals surface area contributed by atoms with Gasteiger partial charge in [0.1, 0.15) is 11.8 Å². The van der Waals surface area contributed by atoms with Crippen LogP contribution in [0.4, 0.5) is 0 Å². The number of methoxy groups -OCH3 is 1. The molecule has 1 aliphatic rings. The van der Waals surface area contributed by atoms with Gasteiger partial charge in [0.05, 0.1) is 12.7 Å². The van der Waals surface area contributed by atoms with Crippen molar-refractivity contribution >= 4 is 20.0 Å². The Morgan fingerprint density at radius 1 is 1.21 bits per heavy atom. The zero-order valence-corrected chi connectivity index (χ0v) is 18.7. The van der Waals surface area contributed by atoms with Gasteiger partial charge in [0.2, 0.25) is 0 Å². The lowest BCUT2D eigenvalue weighted by atomic mass is 10.1. The molecule has 0 saturated heterocycles. The summed E-state index contributed by atoms with van der Waals surface area (Å²) in [5, 5.41) is 0. The Labute approximate surface area is 168 Å². The van der Waals surface area contributed by atoms with Crippen molar-refractivity contribution in [2.45, 2.75) is 52.0 Å². The van der Waals surface area contributed by atoms with Gasteiger partial charge >= 0.3 is 5.97 Å². The molecule has 6 nitrogen and oxygen atoms in total. The largest absolute Gasteiger partial charge is 0.467 e. The van der Waals surface area contributed by atoms with Crippen LogP contribution in [0, 0.1) is 6.92 Å². The number of benzene rings is 1. The minimum atomic E-state index is -1.16. The summed E-state index contributed by atoms with van der Waals surface area (Å²) < 4.78 is 16.2. The fraction of sp³-hybridized carbons (Fsp3) is 0.524. The molecule has 28 heavy (non-hydrogen) atoms. The summed E-state index contributed by atoms with van der Waals surface area (Å²) >= 11 is 0. The predicted octanol–water partition coefficient (Wildman–Crippen LogP) is 3.98. The van der Waals surface area contributed by atoms with E-state index in [0.717, 1.165) is 17.2 Å². The second-order valence-electron chi connectivity index (χ2n) is 8.36. The lowest BCUT2D eigenvalue weighted by molar-refractivity contribution is -0.144. The van der Waals surface area contributed by atoms with E-state index in [1.807, 2.05) is 26.0 Å². The number of aryl methyl sites for hydroxylation is 1. The Balaban J connectivity index is 2.14. The highest BCUT2D eigenvalue weighted by Gasteiger charge is 2.36. The molecular formula is C21H31NO5Si. The van der Waals surface area contributed by atoms with Gasteiger partial charge in [-0.2, -0.15) is 0 Å². The van der Waals surface area contributed by atoms with Crippen LogP contribution < -0.4 is 4.74 Å². The van der Waals surface area contributed by atoms with Gasteiger partial charge in [0.15, 0.2) is 6.79 Å². The number of esters is 1. The van der Waals surface area contributed by atoms with E-state index < -0.39 is 20.1 Å². The maximum absolute atomic E-state index is 13.2. The van der Waals surface area contributed by atoms with Crippen LogP contribution in [-0.2, 0) is 14.3 Å². The van der Waals surface area contributed by atoms with Crippen molar-refractivity contribution < 1.29 is 23.8 Å². The highest BCUT2D eigenvalue weighted by atomic mass is 28.3. The molecule has 1 atom stereocenters. The van der Waals surface area contributed by atoms with Crippen molar-refractivity contribution in [1.82, 2.24) is 4.90 Å². The Morgan fingerprint density at radius 2 is 1.93 bits per heavy atom. The smallest absolute Gasteiger partial charge is 0.329 e. The molecule has 1 aliphatic heterocycles. The van der Waals surface area contributed by atoms with Crippen molar-refractivity contribution in [1.29, 1.82) is 0 Å². The fourth-order valence-corrected chi connectivity index (χ4v) is 3.78. The number of amides is 1. The molecule has 0 fully saturated rings. The first kappa shape index (κ1) is 22.2. The fourth-order valence-electron chi connectivity index (χ4n) is 3.02. The first-order valence-electron chi connectivity index (χ1n) is 9.52. The molecule has 0 N–H and O–H groups in total. The summed E-state index contributed by atoms with van der Waals surface area (Å²) in [7, 11) is 0.170. The minimum Gasteiger partial charge on any atom is -0.467 e. The van der Waals surface area contributed by atoms with Crippen molar-refractivity contribution in [3.05, 3.63) is 41.1 Å². The summed E-state index contributed by atoms with van der Waals surface area (Å²) in [6, 6.07) is 5.85. The van der Waals surface area contributed by atoms with Crippen LogP contribution >= 0.6 is 0 Å². The molecule has 0 unspecified atom stereocenters. The number of hydrogen-bond donors (Lipinski definition) is 0. The van der Waals surface area contributed by atoms with E-state index in [9.17, 15) is 9.59 Å². The molecule has 1 aromatic rings. The summed E-state index contributed by atoms with van der Waals surface area (Å²) in [6.07, 6.45) is 2.19. The molecule has 154 valence electrons. The Morgan fingerprint density at radius 3 is 2.57 bits per heavy atom. The van der Waals surface area contributed by atoms with Crippen LogP contribution in [0.2, 0.25) is 25.7 Å². The van der Waals surface area contributed by atoms with Crippen LogP contribution in [0.25, 0.3) is 0 Å². The van der Waals surface area contributed by atoms with Gasteiger partial charge in [0, 0.05) is 27.3 Å². The van der Waals surface area contributed by atoms with E-state index in [1.54, 1.807) is 12.3 Å². The third-order valence-electron chi connectivity index (χ3n) is 4.66. The molecule has 7 heteroatoms. The average molecular weight is 406 g/mol. The molecule has 0 aromatic heterocycles. The van der Waals surface area contributed by atoms with Crippen molar-refractivity contribution in [2.75, 3.05) is 20.5 Å². The van der Waals surface area contributed by atoms with Crippen molar-refractivity contribution in [2.24, 2.45) is 0 Å². The summed E-state index contributed by atoms with van der Waals surface area (Å²) in [6.45, 7) is 11.3. The van der Waals surface area contributed by atoms with Gasteiger partial charge < -0.3 is 19.1 Å². The zero-order chi connectivity index (χ0) is 20.9. The van der Waals surface area contributed by atoms with Crippen LogP contribution in [-0.4, -0.2) is 51.4 Å². The van der Waals surface area contributed by atoms with Crippen molar-refractivity contribution in [3.63, 3.8) is 0 Å². The van der Waals surface area contributed by atoms with E-state index in [1.165, 1.54) is 12.0 Å². The lowest BCUT2D eigenvalue weighted by Crippen LogP contribution is -2.39. The van der Waals surface area contributed by atoms with Crippen LogP contribution in [0.5, 0.6) is 5.75 Å². The van der Waals surface area contributed by atoms with E-state index in [2.05, 4.69) is 19.6 Å². The van der Waals surface area contributed by atoms with E-state index >= 15 is 0 Å². The molecule has 0 aliphatic carbocycles. The standard InChI is InChI=1S/C21H31NO5Si/c1-15-12-17(21(24)25-3)22(13-15)20(23)19-16(2)8-7-9-18(19)27-14-26-10-11-28(4,5)6/h7-9,13,17H,10-12,14H2,1-6H3/t17-/m0/s1. The predicted molar refractivity (Wildman–Crippen MR) is 111 cm³/mol.